The Balaban J connectivity index is 2.55. The van der Waals surface area contributed by atoms with Crippen LogP contribution < -0.4 is 0 Å². The smallest absolute Gasteiger partial charge is 0.352 e. The molecule has 0 saturated heterocycles. The van der Waals surface area contributed by atoms with Crippen molar-refractivity contribution in [2.24, 2.45) is 0 Å². The second-order valence-electron chi connectivity index (χ2n) is 4.19. The Bertz CT molecular complexity index is 622. The van der Waals surface area contributed by atoms with Crippen molar-refractivity contribution >= 4 is 17.6 Å². The van der Waals surface area contributed by atoms with Crippen LogP contribution in [-0.2, 0) is 6.54 Å². The van der Waals surface area contributed by atoms with Crippen molar-refractivity contribution in [1.29, 1.82) is 0 Å². The van der Waals surface area contributed by atoms with Crippen molar-refractivity contribution in [2.45, 2.75) is 19.9 Å². The Labute approximate surface area is 115 Å². The molecule has 1 N–H and O–H groups in total. The number of hydrogen-bond acceptors (Lipinski definition) is 1. The topological polar surface area (TPSA) is 42.2 Å². The fraction of sp³-hybridized carbons (Fsp3) is 0.214. The zero-order chi connectivity index (χ0) is 14.0. The second kappa shape index (κ2) is 5.45. The fourth-order valence-electron chi connectivity index (χ4n) is 2.03. The van der Waals surface area contributed by atoms with Gasteiger partial charge >= 0.3 is 5.97 Å². The van der Waals surface area contributed by atoms with Gasteiger partial charge < -0.3 is 9.67 Å². The third-order valence-electron chi connectivity index (χ3n) is 2.86. The lowest BCUT2D eigenvalue weighted by Gasteiger charge is -2.11. The highest BCUT2D eigenvalue weighted by atomic mass is 35.5. The van der Waals surface area contributed by atoms with Gasteiger partial charge in [-0.25, -0.2) is 9.18 Å². The Hall–Kier alpha value is -1.81. The number of rotatable bonds is 4. The second-order valence-corrected chi connectivity index (χ2v) is 4.60. The highest BCUT2D eigenvalue weighted by Crippen LogP contribution is 2.26. The molecular formula is C14H13ClFNO2. The number of carbonyl (C=O) groups is 1. The van der Waals surface area contributed by atoms with Gasteiger partial charge in [0.25, 0.3) is 0 Å². The summed E-state index contributed by atoms with van der Waals surface area (Å²) in [6.45, 7) is 2.52. The normalized spacial score (nSPS) is 10.7. The van der Waals surface area contributed by atoms with E-state index in [2.05, 4.69) is 0 Å². The highest BCUT2D eigenvalue weighted by Gasteiger charge is 2.15. The van der Waals surface area contributed by atoms with Crippen molar-refractivity contribution in [2.75, 3.05) is 0 Å². The van der Waals surface area contributed by atoms with Gasteiger partial charge in [0, 0.05) is 17.8 Å². The zero-order valence-corrected chi connectivity index (χ0v) is 11.1. The molecule has 0 radical (unpaired) electrons. The third kappa shape index (κ3) is 2.63. The van der Waals surface area contributed by atoms with Crippen molar-refractivity contribution in [3.05, 3.63) is 46.9 Å². The lowest BCUT2D eigenvalue weighted by atomic mass is 10.1. The minimum Gasteiger partial charge on any atom is -0.477 e. The van der Waals surface area contributed by atoms with Crippen molar-refractivity contribution < 1.29 is 14.3 Å². The van der Waals surface area contributed by atoms with Crippen molar-refractivity contribution in [3.63, 3.8) is 0 Å². The monoisotopic (exact) mass is 281 g/mol. The van der Waals surface area contributed by atoms with Gasteiger partial charge in [-0.3, -0.25) is 0 Å². The predicted octanol–water partition coefficient (Wildman–Crippen LogP) is 4.06. The van der Waals surface area contributed by atoms with Crippen LogP contribution in [0.5, 0.6) is 0 Å². The molecule has 0 fully saturated rings. The molecule has 1 aromatic heterocycles. The van der Waals surface area contributed by atoms with E-state index in [1.165, 1.54) is 18.2 Å². The number of hydrogen-bond donors (Lipinski definition) is 1. The van der Waals surface area contributed by atoms with E-state index in [1.807, 2.05) is 6.92 Å². The summed E-state index contributed by atoms with van der Waals surface area (Å²) in [5.41, 5.74) is 1.49. The van der Waals surface area contributed by atoms with Crippen molar-refractivity contribution in [3.8, 4) is 11.3 Å². The van der Waals surface area contributed by atoms with Crippen LogP contribution in [0.1, 0.15) is 23.8 Å². The number of aromatic carboxylic acids is 1. The van der Waals surface area contributed by atoms with Crippen molar-refractivity contribution in [1.82, 2.24) is 4.57 Å². The van der Waals surface area contributed by atoms with Crippen LogP contribution in [0.15, 0.2) is 30.3 Å². The van der Waals surface area contributed by atoms with Crippen LogP contribution >= 0.6 is 11.6 Å². The maximum absolute atomic E-state index is 13.5. The summed E-state index contributed by atoms with van der Waals surface area (Å²) in [7, 11) is 0. The summed E-state index contributed by atoms with van der Waals surface area (Å²) in [6.07, 6.45) is 0.790. The van der Waals surface area contributed by atoms with Gasteiger partial charge in [0.1, 0.15) is 11.5 Å². The first kappa shape index (κ1) is 13.6. The van der Waals surface area contributed by atoms with Gasteiger partial charge in [-0.15, -0.1) is 0 Å². The predicted molar refractivity (Wildman–Crippen MR) is 72.1 cm³/mol. The summed E-state index contributed by atoms with van der Waals surface area (Å²) >= 11 is 5.65. The Kier molecular flexibility index (Phi) is 3.90. The summed E-state index contributed by atoms with van der Waals surface area (Å²) in [5, 5.41) is 9.19. The van der Waals surface area contributed by atoms with E-state index in [0.29, 0.717) is 17.8 Å². The average Bonchev–Trinajstić information content (AvgIpc) is 2.77. The molecule has 0 spiro atoms. The van der Waals surface area contributed by atoms with Gasteiger partial charge in [0.05, 0.1) is 5.02 Å². The maximum Gasteiger partial charge on any atom is 0.352 e. The first-order chi connectivity index (χ1) is 9.04. The molecule has 0 unspecified atom stereocenters. The molecule has 100 valence electrons. The summed E-state index contributed by atoms with van der Waals surface area (Å²) in [5.74, 6) is -1.51. The SMILES string of the molecule is CCCn1c(C(=O)O)ccc1-c1ccc(Cl)c(F)c1. The Morgan fingerprint density at radius 2 is 2.11 bits per heavy atom. The van der Waals surface area contributed by atoms with Gasteiger partial charge in [0.15, 0.2) is 0 Å². The van der Waals surface area contributed by atoms with Gasteiger partial charge in [-0.1, -0.05) is 24.6 Å². The van der Waals surface area contributed by atoms with Crippen LogP contribution in [0.4, 0.5) is 4.39 Å². The summed E-state index contributed by atoms with van der Waals surface area (Å²) in [6, 6.07) is 7.67. The first-order valence-corrected chi connectivity index (χ1v) is 6.30. The molecule has 1 aromatic carbocycles. The number of carboxylic acids is 1. The molecule has 2 rings (SSSR count). The average molecular weight is 282 g/mol. The molecule has 0 aliphatic carbocycles. The molecule has 0 aliphatic heterocycles. The number of carboxylic acid groups (broad SMARTS) is 1. The molecule has 0 saturated carbocycles. The molecule has 0 bridgehead atoms. The van der Waals surface area contributed by atoms with E-state index < -0.39 is 11.8 Å². The molecule has 1 heterocycles. The molecule has 0 aliphatic rings. The first-order valence-electron chi connectivity index (χ1n) is 5.92. The highest BCUT2D eigenvalue weighted by molar-refractivity contribution is 6.30. The molecule has 5 heteroatoms. The van der Waals surface area contributed by atoms with Crippen LogP contribution in [-0.4, -0.2) is 15.6 Å². The summed E-state index contributed by atoms with van der Waals surface area (Å²) < 4.78 is 15.2. The maximum atomic E-state index is 13.5. The molecule has 0 amide bonds. The van der Waals surface area contributed by atoms with E-state index in [0.717, 1.165) is 6.42 Å². The van der Waals surface area contributed by atoms with Gasteiger partial charge in [0.2, 0.25) is 0 Å². The molecular weight excluding hydrogens is 269 g/mol. The van der Waals surface area contributed by atoms with Gasteiger partial charge in [-0.05, 0) is 30.7 Å². The Morgan fingerprint density at radius 3 is 2.68 bits per heavy atom. The number of halogens is 2. The van der Waals surface area contributed by atoms with E-state index in [-0.39, 0.29) is 10.7 Å². The lowest BCUT2D eigenvalue weighted by molar-refractivity contribution is 0.0685. The third-order valence-corrected chi connectivity index (χ3v) is 3.17. The molecule has 3 nitrogen and oxygen atoms in total. The molecule has 0 atom stereocenters. The van der Waals surface area contributed by atoms with E-state index in [9.17, 15) is 9.18 Å². The van der Waals surface area contributed by atoms with Crippen LogP contribution in [0.3, 0.4) is 0 Å². The summed E-state index contributed by atoms with van der Waals surface area (Å²) in [4.78, 5) is 11.1. The standard InChI is InChI=1S/C14H13ClFNO2/c1-2-7-17-12(5-6-13(17)14(18)19)9-3-4-10(15)11(16)8-9/h3-6,8H,2,7H2,1H3,(H,18,19). The van der Waals surface area contributed by atoms with E-state index >= 15 is 0 Å². The Morgan fingerprint density at radius 1 is 1.37 bits per heavy atom. The number of aromatic nitrogens is 1. The molecule has 19 heavy (non-hydrogen) atoms. The lowest BCUT2D eigenvalue weighted by Crippen LogP contribution is -2.09. The largest absolute Gasteiger partial charge is 0.477 e. The van der Waals surface area contributed by atoms with Crippen LogP contribution in [0, 0.1) is 5.82 Å². The van der Waals surface area contributed by atoms with Gasteiger partial charge in [-0.2, -0.15) is 0 Å². The van der Waals surface area contributed by atoms with Crippen LogP contribution in [0.2, 0.25) is 5.02 Å². The minimum atomic E-state index is -0.992. The quantitative estimate of drug-likeness (QED) is 0.918. The minimum absolute atomic E-state index is 0.0517. The number of benzene rings is 1. The van der Waals surface area contributed by atoms with E-state index in [4.69, 9.17) is 16.7 Å². The van der Waals surface area contributed by atoms with Crippen LogP contribution in [0.25, 0.3) is 11.3 Å². The number of nitrogens with zero attached hydrogens (tertiary/aromatic N) is 1. The molecule has 2 aromatic rings. The zero-order valence-electron chi connectivity index (χ0n) is 10.4. The fourth-order valence-corrected chi connectivity index (χ4v) is 2.14. The van der Waals surface area contributed by atoms with E-state index in [1.54, 1.807) is 16.7 Å².